The second-order valence-corrected chi connectivity index (χ2v) is 5.11. The maximum Gasteiger partial charge on any atom is 0.152 e. The van der Waals surface area contributed by atoms with Gasteiger partial charge in [0, 0.05) is 17.3 Å². The van der Waals surface area contributed by atoms with Crippen LogP contribution < -0.4 is 5.32 Å². The summed E-state index contributed by atoms with van der Waals surface area (Å²) in [5, 5.41) is 4.92. The van der Waals surface area contributed by atoms with Gasteiger partial charge < -0.3 is 9.73 Å². The second-order valence-electron chi connectivity index (χ2n) is 4.71. The first-order valence-corrected chi connectivity index (χ1v) is 6.85. The van der Waals surface area contributed by atoms with E-state index in [0.29, 0.717) is 5.02 Å². The average molecular weight is 287 g/mol. The predicted octanol–water partition coefficient (Wildman–Crippen LogP) is 4.10. The van der Waals surface area contributed by atoms with Crippen LogP contribution in [0.3, 0.4) is 0 Å². The van der Waals surface area contributed by atoms with Gasteiger partial charge in [0.25, 0.3) is 0 Å². The van der Waals surface area contributed by atoms with Gasteiger partial charge in [-0.15, -0.1) is 0 Å². The Bertz CT molecular complexity index is 751. The number of aryl methyl sites for hydroxylation is 1. The summed E-state index contributed by atoms with van der Waals surface area (Å²) in [4.78, 5) is 4.34. The minimum Gasteiger partial charge on any atom is -0.457 e. The smallest absolute Gasteiger partial charge is 0.152 e. The summed E-state index contributed by atoms with van der Waals surface area (Å²) < 4.78 is 5.94. The van der Waals surface area contributed by atoms with Gasteiger partial charge in [0.05, 0.1) is 11.1 Å². The van der Waals surface area contributed by atoms with E-state index >= 15 is 0 Å². The molecule has 0 saturated carbocycles. The lowest BCUT2D eigenvalue weighted by Crippen LogP contribution is -2.18. The molecule has 1 aromatic carbocycles. The first-order chi connectivity index (χ1) is 9.70. The minimum atomic E-state index is -0.0350. The highest BCUT2D eigenvalue weighted by atomic mass is 35.5. The lowest BCUT2D eigenvalue weighted by atomic mass is 10.0. The molecule has 2 aromatic heterocycles. The third kappa shape index (κ3) is 2.19. The van der Waals surface area contributed by atoms with Crippen molar-refractivity contribution in [3.8, 4) is 0 Å². The van der Waals surface area contributed by atoms with Crippen LogP contribution in [0, 0.1) is 6.92 Å². The Kier molecular flexibility index (Phi) is 3.47. The molecule has 4 heteroatoms. The zero-order valence-corrected chi connectivity index (χ0v) is 12.1. The van der Waals surface area contributed by atoms with E-state index in [-0.39, 0.29) is 6.04 Å². The van der Waals surface area contributed by atoms with E-state index in [0.717, 1.165) is 28.0 Å². The van der Waals surface area contributed by atoms with E-state index in [1.165, 1.54) is 0 Å². The van der Waals surface area contributed by atoms with Gasteiger partial charge in [-0.3, -0.25) is 4.98 Å². The molecule has 0 amide bonds. The van der Waals surface area contributed by atoms with Crippen LogP contribution in [0.4, 0.5) is 0 Å². The molecule has 0 radical (unpaired) electrons. The zero-order valence-electron chi connectivity index (χ0n) is 11.4. The molecule has 1 unspecified atom stereocenters. The van der Waals surface area contributed by atoms with Crippen molar-refractivity contribution in [2.75, 3.05) is 7.05 Å². The summed E-state index contributed by atoms with van der Waals surface area (Å²) in [6.07, 6.45) is 1.79. The van der Waals surface area contributed by atoms with E-state index in [2.05, 4.69) is 16.4 Å². The van der Waals surface area contributed by atoms with Crippen molar-refractivity contribution < 1.29 is 4.42 Å². The van der Waals surface area contributed by atoms with Crippen LogP contribution in [0.25, 0.3) is 11.0 Å². The number of benzene rings is 1. The Morgan fingerprint density at radius 2 is 2.10 bits per heavy atom. The number of furan rings is 1. The van der Waals surface area contributed by atoms with Crippen LogP contribution in [0.1, 0.15) is 23.1 Å². The van der Waals surface area contributed by atoms with Crippen LogP contribution in [-0.2, 0) is 0 Å². The van der Waals surface area contributed by atoms with E-state index in [1.54, 1.807) is 6.20 Å². The standard InChI is InChI=1S/C16H15ClN2O/c1-10-12(6-4-8-19-10)15(18-2)14-9-11-5-3-7-13(17)16(11)20-14/h3-9,15,18H,1-2H3. The number of nitrogens with zero attached hydrogens (tertiary/aromatic N) is 1. The summed E-state index contributed by atoms with van der Waals surface area (Å²) in [5.74, 6) is 0.840. The fraction of sp³-hybridized carbons (Fsp3) is 0.188. The van der Waals surface area contributed by atoms with Gasteiger partial charge in [-0.05, 0) is 37.7 Å². The number of para-hydroxylation sites is 1. The van der Waals surface area contributed by atoms with Crippen LogP contribution in [0.15, 0.2) is 47.0 Å². The Hall–Kier alpha value is -1.84. The number of hydrogen-bond acceptors (Lipinski definition) is 3. The number of nitrogens with one attached hydrogen (secondary N) is 1. The van der Waals surface area contributed by atoms with Crippen molar-refractivity contribution in [3.63, 3.8) is 0 Å². The SMILES string of the molecule is CNC(c1cc2cccc(Cl)c2o1)c1cccnc1C. The Balaban J connectivity index is 2.12. The maximum atomic E-state index is 6.17. The highest BCUT2D eigenvalue weighted by Gasteiger charge is 2.19. The summed E-state index contributed by atoms with van der Waals surface area (Å²) in [6, 6.07) is 11.7. The molecule has 102 valence electrons. The molecule has 0 bridgehead atoms. The molecule has 0 fully saturated rings. The summed E-state index contributed by atoms with van der Waals surface area (Å²) in [5.41, 5.74) is 2.81. The van der Waals surface area contributed by atoms with E-state index in [9.17, 15) is 0 Å². The normalized spacial score (nSPS) is 12.8. The maximum absolute atomic E-state index is 6.17. The molecule has 0 aliphatic rings. The Morgan fingerprint density at radius 3 is 2.80 bits per heavy atom. The third-order valence-corrected chi connectivity index (χ3v) is 3.74. The van der Waals surface area contributed by atoms with Crippen molar-refractivity contribution in [3.05, 3.63) is 64.6 Å². The first kappa shape index (κ1) is 13.2. The van der Waals surface area contributed by atoms with Crippen LogP contribution >= 0.6 is 11.6 Å². The molecule has 2 heterocycles. The Morgan fingerprint density at radius 1 is 1.25 bits per heavy atom. The van der Waals surface area contributed by atoms with Crippen molar-refractivity contribution in [2.24, 2.45) is 0 Å². The number of hydrogen-bond donors (Lipinski definition) is 1. The topological polar surface area (TPSA) is 38.1 Å². The van der Waals surface area contributed by atoms with Gasteiger partial charge in [0.15, 0.2) is 5.58 Å². The zero-order chi connectivity index (χ0) is 14.1. The lowest BCUT2D eigenvalue weighted by molar-refractivity contribution is 0.490. The van der Waals surface area contributed by atoms with Crippen LogP contribution in [0.2, 0.25) is 5.02 Å². The fourth-order valence-corrected chi connectivity index (χ4v) is 2.66. The quantitative estimate of drug-likeness (QED) is 0.788. The minimum absolute atomic E-state index is 0.0350. The highest BCUT2D eigenvalue weighted by Crippen LogP contribution is 2.32. The van der Waals surface area contributed by atoms with Gasteiger partial charge >= 0.3 is 0 Å². The third-order valence-electron chi connectivity index (χ3n) is 3.45. The molecule has 3 aromatic rings. The van der Waals surface area contributed by atoms with Crippen molar-refractivity contribution >= 4 is 22.6 Å². The number of halogens is 1. The molecule has 0 saturated heterocycles. The summed E-state index contributed by atoms with van der Waals surface area (Å²) >= 11 is 6.17. The molecule has 1 atom stereocenters. The number of pyridine rings is 1. The summed E-state index contributed by atoms with van der Waals surface area (Å²) in [7, 11) is 1.91. The summed E-state index contributed by atoms with van der Waals surface area (Å²) in [6.45, 7) is 2.00. The molecule has 3 rings (SSSR count). The lowest BCUT2D eigenvalue weighted by Gasteiger charge is -2.15. The number of aromatic nitrogens is 1. The van der Waals surface area contributed by atoms with Gasteiger partial charge in [-0.1, -0.05) is 29.8 Å². The molecule has 1 N–H and O–H groups in total. The van der Waals surface area contributed by atoms with Crippen molar-refractivity contribution in [2.45, 2.75) is 13.0 Å². The molecule has 0 aliphatic carbocycles. The predicted molar refractivity (Wildman–Crippen MR) is 81.1 cm³/mol. The largest absolute Gasteiger partial charge is 0.457 e. The van der Waals surface area contributed by atoms with Gasteiger partial charge in [-0.25, -0.2) is 0 Å². The van der Waals surface area contributed by atoms with Crippen molar-refractivity contribution in [1.82, 2.24) is 10.3 Å². The Labute approximate surface area is 122 Å². The van der Waals surface area contributed by atoms with Gasteiger partial charge in [0.2, 0.25) is 0 Å². The first-order valence-electron chi connectivity index (χ1n) is 6.47. The second kappa shape index (κ2) is 5.27. The van der Waals surface area contributed by atoms with Crippen LogP contribution in [-0.4, -0.2) is 12.0 Å². The number of rotatable bonds is 3. The van der Waals surface area contributed by atoms with E-state index in [4.69, 9.17) is 16.0 Å². The number of fused-ring (bicyclic) bond motifs is 1. The van der Waals surface area contributed by atoms with E-state index < -0.39 is 0 Å². The van der Waals surface area contributed by atoms with Gasteiger partial charge in [0.1, 0.15) is 5.76 Å². The molecule has 0 spiro atoms. The molecule has 0 aliphatic heterocycles. The van der Waals surface area contributed by atoms with Gasteiger partial charge in [-0.2, -0.15) is 0 Å². The highest BCUT2D eigenvalue weighted by molar-refractivity contribution is 6.34. The molecule has 20 heavy (non-hydrogen) atoms. The van der Waals surface area contributed by atoms with E-state index in [1.807, 2.05) is 44.3 Å². The molecular weight excluding hydrogens is 272 g/mol. The average Bonchev–Trinajstić information content (AvgIpc) is 2.87. The molecular formula is C16H15ClN2O. The monoisotopic (exact) mass is 286 g/mol. The molecule has 3 nitrogen and oxygen atoms in total. The van der Waals surface area contributed by atoms with Crippen molar-refractivity contribution in [1.29, 1.82) is 0 Å². The fourth-order valence-electron chi connectivity index (χ4n) is 2.44. The van der Waals surface area contributed by atoms with Crippen LogP contribution in [0.5, 0.6) is 0 Å².